The molecule has 1 aromatic heterocycles. The van der Waals surface area contributed by atoms with Gasteiger partial charge in [0.05, 0.1) is 31.2 Å². The van der Waals surface area contributed by atoms with Crippen LogP contribution in [0.3, 0.4) is 0 Å². The van der Waals surface area contributed by atoms with E-state index in [2.05, 4.69) is 46.7 Å². The Hall–Kier alpha value is -2.57. The van der Waals surface area contributed by atoms with Crippen LogP contribution < -0.4 is 14.9 Å². The highest BCUT2D eigenvalue weighted by Crippen LogP contribution is 2.36. The lowest BCUT2D eigenvalue weighted by Gasteiger charge is -2.10. The number of aromatic nitrogens is 1. The van der Waals surface area contributed by atoms with Gasteiger partial charge in [0, 0.05) is 16.5 Å². The quantitative estimate of drug-likeness (QED) is 0.464. The molecule has 3 rings (SSSR count). The van der Waals surface area contributed by atoms with Gasteiger partial charge in [-0.2, -0.15) is 5.10 Å². The molecule has 1 N–H and O–H groups in total. The Labute approximate surface area is 161 Å². The number of ether oxygens (including phenoxy) is 2. The van der Waals surface area contributed by atoms with Crippen LogP contribution in [-0.2, 0) is 0 Å². The van der Waals surface area contributed by atoms with E-state index in [1.807, 2.05) is 11.4 Å². The summed E-state index contributed by atoms with van der Waals surface area (Å²) in [6.45, 7) is 2.06. The fraction of sp³-hybridized carbons (Fsp3) is 0.158. The van der Waals surface area contributed by atoms with E-state index in [9.17, 15) is 0 Å². The van der Waals surface area contributed by atoms with E-state index < -0.39 is 0 Å². The molecule has 0 fully saturated rings. The number of hydrogen-bond acceptors (Lipinski definition) is 6. The molecule has 0 aliphatic rings. The van der Waals surface area contributed by atoms with Crippen molar-refractivity contribution in [3.63, 3.8) is 0 Å². The van der Waals surface area contributed by atoms with E-state index in [0.29, 0.717) is 27.2 Å². The van der Waals surface area contributed by atoms with Crippen molar-refractivity contribution in [3.8, 4) is 22.8 Å². The molecule has 26 heavy (non-hydrogen) atoms. The maximum atomic E-state index is 6.33. The van der Waals surface area contributed by atoms with Crippen LogP contribution in [0.25, 0.3) is 11.3 Å². The van der Waals surface area contributed by atoms with Crippen molar-refractivity contribution in [1.82, 2.24) is 4.98 Å². The molecule has 0 radical (unpaired) electrons. The monoisotopic (exact) mass is 387 g/mol. The van der Waals surface area contributed by atoms with E-state index in [1.54, 1.807) is 26.5 Å². The van der Waals surface area contributed by atoms with Crippen LogP contribution in [0.4, 0.5) is 5.13 Å². The van der Waals surface area contributed by atoms with E-state index in [-0.39, 0.29) is 0 Å². The number of hydrogen-bond donors (Lipinski definition) is 1. The first kappa shape index (κ1) is 18.2. The number of nitrogens with zero attached hydrogens (tertiary/aromatic N) is 2. The largest absolute Gasteiger partial charge is 0.493 e. The molecule has 1 heterocycles. The van der Waals surface area contributed by atoms with Crippen molar-refractivity contribution in [2.45, 2.75) is 6.92 Å². The second-order valence-corrected chi connectivity index (χ2v) is 6.71. The number of thiazole rings is 1. The average molecular weight is 388 g/mol. The lowest BCUT2D eigenvalue weighted by Crippen LogP contribution is -1.96. The van der Waals surface area contributed by atoms with Crippen LogP contribution in [0, 0.1) is 6.92 Å². The molecular formula is C19H18ClN3O2S. The van der Waals surface area contributed by atoms with Crippen molar-refractivity contribution >= 4 is 34.3 Å². The zero-order chi connectivity index (χ0) is 18.5. The smallest absolute Gasteiger partial charge is 0.203 e. The Balaban J connectivity index is 1.72. The van der Waals surface area contributed by atoms with Crippen molar-refractivity contribution in [3.05, 3.63) is 57.9 Å². The molecule has 0 unspecified atom stereocenters. The van der Waals surface area contributed by atoms with Gasteiger partial charge in [-0.15, -0.1) is 11.3 Å². The number of halogens is 1. The third-order valence-electron chi connectivity index (χ3n) is 3.73. The van der Waals surface area contributed by atoms with Gasteiger partial charge in [-0.25, -0.2) is 4.98 Å². The SMILES string of the molecule is COc1ccc(/C=N\Nc2nc(-c3ccc(C)cc3)cs2)c(Cl)c1OC. The van der Waals surface area contributed by atoms with E-state index in [1.165, 1.54) is 16.9 Å². The van der Waals surface area contributed by atoms with E-state index in [0.717, 1.165) is 11.3 Å². The van der Waals surface area contributed by atoms with Gasteiger partial charge < -0.3 is 9.47 Å². The minimum Gasteiger partial charge on any atom is -0.493 e. The number of aryl methyl sites for hydroxylation is 1. The zero-order valence-corrected chi connectivity index (χ0v) is 16.2. The predicted octanol–water partition coefficient (Wildman–Crippen LogP) is 5.24. The summed E-state index contributed by atoms with van der Waals surface area (Å²) in [7, 11) is 3.11. The molecule has 0 saturated carbocycles. The molecule has 3 aromatic rings. The van der Waals surface area contributed by atoms with Crippen molar-refractivity contribution in [2.75, 3.05) is 19.6 Å². The molecule has 0 aliphatic carbocycles. The van der Waals surface area contributed by atoms with Crippen LogP contribution in [0.2, 0.25) is 5.02 Å². The lowest BCUT2D eigenvalue weighted by atomic mass is 10.1. The number of methoxy groups -OCH3 is 2. The first-order chi connectivity index (χ1) is 12.6. The number of hydrazone groups is 1. The van der Waals surface area contributed by atoms with Gasteiger partial charge in [-0.3, -0.25) is 5.43 Å². The molecule has 0 amide bonds. The van der Waals surface area contributed by atoms with Gasteiger partial charge in [0.25, 0.3) is 0 Å². The molecular weight excluding hydrogens is 370 g/mol. The molecule has 2 aromatic carbocycles. The second-order valence-electron chi connectivity index (χ2n) is 5.48. The molecule has 7 heteroatoms. The molecule has 0 spiro atoms. The Kier molecular flexibility index (Phi) is 5.75. The maximum absolute atomic E-state index is 6.33. The lowest BCUT2D eigenvalue weighted by molar-refractivity contribution is 0.355. The number of benzene rings is 2. The second kappa shape index (κ2) is 8.21. The molecule has 0 bridgehead atoms. The van der Waals surface area contributed by atoms with Crippen molar-refractivity contribution in [2.24, 2.45) is 5.10 Å². The molecule has 0 atom stereocenters. The molecule has 134 valence electrons. The highest BCUT2D eigenvalue weighted by Gasteiger charge is 2.11. The first-order valence-electron chi connectivity index (χ1n) is 7.84. The maximum Gasteiger partial charge on any atom is 0.203 e. The van der Waals surface area contributed by atoms with Crippen LogP contribution >= 0.6 is 22.9 Å². The summed E-state index contributed by atoms with van der Waals surface area (Å²) >= 11 is 7.82. The topological polar surface area (TPSA) is 55.7 Å². The van der Waals surface area contributed by atoms with E-state index in [4.69, 9.17) is 21.1 Å². The fourth-order valence-electron chi connectivity index (χ4n) is 2.34. The summed E-state index contributed by atoms with van der Waals surface area (Å²) in [4.78, 5) is 4.54. The van der Waals surface area contributed by atoms with E-state index >= 15 is 0 Å². The normalized spacial score (nSPS) is 10.9. The molecule has 0 saturated heterocycles. The summed E-state index contributed by atoms with van der Waals surface area (Å²) in [6.07, 6.45) is 1.62. The Morgan fingerprint density at radius 2 is 1.88 bits per heavy atom. The summed E-state index contributed by atoms with van der Waals surface area (Å²) in [5.74, 6) is 1.05. The van der Waals surface area contributed by atoms with Gasteiger partial charge >= 0.3 is 0 Å². The van der Waals surface area contributed by atoms with Crippen LogP contribution in [0.15, 0.2) is 46.9 Å². The highest BCUT2D eigenvalue weighted by molar-refractivity contribution is 7.14. The highest BCUT2D eigenvalue weighted by atomic mass is 35.5. The molecule has 5 nitrogen and oxygen atoms in total. The first-order valence-corrected chi connectivity index (χ1v) is 9.10. The summed E-state index contributed by atoms with van der Waals surface area (Å²) in [6, 6.07) is 11.8. The van der Waals surface area contributed by atoms with Gasteiger partial charge in [0.2, 0.25) is 5.13 Å². The third kappa shape index (κ3) is 3.98. The summed E-state index contributed by atoms with van der Waals surface area (Å²) in [5, 5.41) is 7.35. The van der Waals surface area contributed by atoms with Crippen LogP contribution in [0.1, 0.15) is 11.1 Å². The van der Waals surface area contributed by atoms with Gasteiger partial charge in [0.1, 0.15) is 0 Å². The summed E-state index contributed by atoms with van der Waals surface area (Å²) < 4.78 is 10.5. The average Bonchev–Trinajstić information content (AvgIpc) is 3.12. The Morgan fingerprint density at radius 1 is 1.12 bits per heavy atom. The van der Waals surface area contributed by atoms with Crippen molar-refractivity contribution < 1.29 is 9.47 Å². The van der Waals surface area contributed by atoms with Gasteiger partial charge in [-0.05, 0) is 19.1 Å². The number of anilines is 1. The molecule has 0 aliphatic heterocycles. The van der Waals surface area contributed by atoms with Crippen molar-refractivity contribution in [1.29, 1.82) is 0 Å². The number of nitrogens with one attached hydrogen (secondary N) is 1. The fourth-order valence-corrected chi connectivity index (χ4v) is 3.29. The Morgan fingerprint density at radius 3 is 2.58 bits per heavy atom. The predicted molar refractivity (Wildman–Crippen MR) is 108 cm³/mol. The zero-order valence-electron chi connectivity index (χ0n) is 14.6. The van der Waals surface area contributed by atoms with Gasteiger partial charge in [-0.1, -0.05) is 41.4 Å². The third-order valence-corrected chi connectivity index (χ3v) is 4.87. The van der Waals surface area contributed by atoms with Gasteiger partial charge in [0.15, 0.2) is 11.5 Å². The minimum atomic E-state index is 0.442. The standard InChI is InChI=1S/C19H18ClN3O2S/c1-12-4-6-13(7-5-12)15-11-26-19(22-15)23-21-10-14-8-9-16(24-2)18(25-3)17(14)20/h4-11H,1-3H3,(H,22,23)/b21-10-. The van der Waals surface area contributed by atoms with Crippen LogP contribution in [-0.4, -0.2) is 25.4 Å². The minimum absolute atomic E-state index is 0.442. The number of rotatable bonds is 6. The summed E-state index contributed by atoms with van der Waals surface area (Å²) in [5.41, 5.74) is 6.86. The Bertz CT molecular complexity index is 923. The van der Waals surface area contributed by atoms with Crippen LogP contribution in [0.5, 0.6) is 11.5 Å².